The SMILES string of the molecule is C#Cc1cc(F)c(N[C@H](CC(C)C)[C@H](C)NC(=O)OC(C)(C)C)nc1Nc1ccnc(N2CCCCC2)c1F. The highest BCUT2D eigenvalue weighted by atomic mass is 19.1. The Kier molecular flexibility index (Phi) is 9.95. The van der Waals surface area contributed by atoms with E-state index < -0.39 is 29.4 Å². The first-order chi connectivity index (χ1) is 18.4. The number of alkyl carbamates (subject to hydrolysis) is 1. The molecule has 39 heavy (non-hydrogen) atoms. The molecule has 1 aliphatic rings. The normalized spacial score (nSPS) is 15.3. The van der Waals surface area contributed by atoms with E-state index >= 15 is 8.78 Å². The van der Waals surface area contributed by atoms with Gasteiger partial charge in [0.15, 0.2) is 23.3 Å². The topological polar surface area (TPSA) is 91.4 Å². The molecule has 3 N–H and O–H groups in total. The minimum atomic E-state index is -0.657. The summed E-state index contributed by atoms with van der Waals surface area (Å²) in [5, 5.41) is 8.89. The number of terminal acetylenes is 1. The average Bonchev–Trinajstić information content (AvgIpc) is 2.85. The van der Waals surface area contributed by atoms with Crippen LogP contribution in [0.1, 0.15) is 72.8 Å². The van der Waals surface area contributed by atoms with Crippen LogP contribution in [0.4, 0.5) is 36.7 Å². The lowest BCUT2D eigenvalue weighted by atomic mass is 9.98. The molecular formula is C29H40F2N6O2. The fourth-order valence-electron chi connectivity index (χ4n) is 4.44. The maximum Gasteiger partial charge on any atom is 0.407 e. The summed E-state index contributed by atoms with van der Waals surface area (Å²) in [6, 6.07) is 1.88. The lowest BCUT2D eigenvalue weighted by molar-refractivity contribution is 0.0501. The Morgan fingerprint density at radius 2 is 1.87 bits per heavy atom. The lowest BCUT2D eigenvalue weighted by Crippen LogP contribution is -2.47. The third-order valence-electron chi connectivity index (χ3n) is 6.31. The van der Waals surface area contributed by atoms with Crippen LogP contribution in [-0.2, 0) is 4.74 Å². The van der Waals surface area contributed by atoms with Crippen molar-refractivity contribution >= 4 is 29.2 Å². The molecule has 0 spiro atoms. The first-order valence-corrected chi connectivity index (χ1v) is 13.5. The van der Waals surface area contributed by atoms with E-state index in [0.717, 1.165) is 32.4 Å². The van der Waals surface area contributed by atoms with Gasteiger partial charge in [-0.25, -0.2) is 23.5 Å². The van der Waals surface area contributed by atoms with Crippen molar-refractivity contribution in [1.82, 2.24) is 15.3 Å². The van der Waals surface area contributed by atoms with Gasteiger partial charge < -0.3 is 25.6 Å². The summed E-state index contributed by atoms with van der Waals surface area (Å²) in [5.41, 5.74) is -0.361. The minimum Gasteiger partial charge on any atom is -0.444 e. The van der Waals surface area contributed by atoms with Crippen molar-refractivity contribution in [1.29, 1.82) is 0 Å². The first kappa shape index (κ1) is 29.9. The summed E-state index contributed by atoms with van der Waals surface area (Å²) in [6.07, 6.45) is 10.3. The Bertz CT molecular complexity index is 1190. The molecule has 2 aromatic rings. The zero-order valence-corrected chi connectivity index (χ0v) is 23.7. The quantitative estimate of drug-likeness (QED) is 0.325. The number of halogens is 2. The van der Waals surface area contributed by atoms with Gasteiger partial charge in [-0.05, 0) is 71.4 Å². The molecule has 2 atom stereocenters. The Morgan fingerprint density at radius 1 is 1.18 bits per heavy atom. The van der Waals surface area contributed by atoms with Crippen LogP contribution in [-0.4, -0.2) is 46.8 Å². The third-order valence-corrected chi connectivity index (χ3v) is 6.31. The number of carbonyl (C=O) groups is 1. The van der Waals surface area contributed by atoms with Gasteiger partial charge in [-0.1, -0.05) is 19.8 Å². The molecule has 8 nitrogen and oxygen atoms in total. The number of piperidine rings is 1. The molecule has 0 aromatic carbocycles. The van der Waals surface area contributed by atoms with Crippen LogP contribution < -0.4 is 20.9 Å². The van der Waals surface area contributed by atoms with E-state index in [9.17, 15) is 4.79 Å². The third kappa shape index (κ3) is 8.44. The van der Waals surface area contributed by atoms with Crippen LogP contribution >= 0.6 is 0 Å². The van der Waals surface area contributed by atoms with E-state index in [1.807, 2.05) is 25.7 Å². The van der Waals surface area contributed by atoms with Crippen LogP contribution in [0, 0.1) is 29.9 Å². The Morgan fingerprint density at radius 3 is 2.49 bits per heavy atom. The van der Waals surface area contributed by atoms with Gasteiger partial charge in [-0.3, -0.25) is 0 Å². The van der Waals surface area contributed by atoms with Gasteiger partial charge in [-0.2, -0.15) is 0 Å². The number of amides is 1. The molecule has 2 aromatic heterocycles. The van der Waals surface area contributed by atoms with Crippen molar-refractivity contribution in [2.24, 2.45) is 5.92 Å². The molecule has 212 valence electrons. The number of aromatic nitrogens is 2. The number of rotatable bonds is 9. The van der Waals surface area contributed by atoms with Gasteiger partial charge in [-0.15, -0.1) is 6.42 Å². The number of pyridine rings is 2. The summed E-state index contributed by atoms with van der Waals surface area (Å²) in [5.74, 6) is 1.81. The number of nitrogens with one attached hydrogen (secondary N) is 3. The van der Waals surface area contributed by atoms with E-state index in [4.69, 9.17) is 11.2 Å². The van der Waals surface area contributed by atoms with E-state index in [1.165, 1.54) is 18.3 Å². The van der Waals surface area contributed by atoms with Gasteiger partial charge in [0.05, 0.1) is 11.3 Å². The highest BCUT2D eigenvalue weighted by molar-refractivity contribution is 5.69. The van der Waals surface area contributed by atoms with Crippen LogP contribution in [0.2, 0.25) is 0 Å². The van der Waals surface area contributed by atoms with E-state index in [1.54, 1.807) is 20.8 Å². The molecule has 0 saturated carbocycles. The molecule has 0 radical (unpaired) electrons. The predicted molar refractivity (Wildman–Crippen MR) is 151 cm³/mol. The van der Waals surface area contributed by atoms with Crippen LogP contribution in [0.15, 0.2) is 18.3 Å². The summed E-state index contributed by atoms with van der Waals surface area (Å²) in [7, 11) is 0. The van der Waals surface area contributed by atoms with Crippen LogP contribution in [0.5, 0.6) is 0 Å². The van der Waals surface area contributed by atoms with Crippen molar-refractivity contribution in [2.45, 2.75) is 84.9 Å². The highest BCUT2D eigenvalue weighted by Gasteiger charge is 2.26. The largest absolute Gasteiger partial charge is 0.444 e. The molecule has 0 bridgehead atoms. The fourth-order valence-corrected chi connectivity index (χ4v) is 4.44. The molecule has 3 rings (SSSR count). The number of anilines is 4. The predicted octanol–water partition coefficient (Wildman–Crippen LogP) is 6.21. The zero-order chi connectivity index (χ0) is 28.7. The zero-order valence-electron chi connectivity index (χ0n) is 23.7. The van der Waals surface area contributed by atoms with E-state index in [0.29, 0.717) is 6.42 Å². The van der Waals surface area contributed by atoms with Crippen molar-refractivity contribution in [3.8, 4) is 12.3 Å². The molecule has 1 fully saturated rings. The van der Waals surface area contributed by atoms with Crippen molar-refractivity contribution in [3.63, 3.8) is 0 Å². The van der Waals surface area contributed by atoms with E-state index in [2.05, 4.69) is 31.8 Å². The second kappa shape index (κ2) is 13.0. The molecule has 10 heteroatoms. The number of nitrogens with zero attached hydrogens (tertiary/aromatic N) is 3. The molecular weight excluding hydrogens is 502 g/mol. The molecule has 1 amide bonds. The standard InChI is InChI=1S/C29H40F2N6O2/c1-8-20-17-21(30)26(35-23(16-18(2)3)19(4)33-28(38)39-29(5,6)7)36-25(20)34-22-12-13-32-27(24(22)31)37-14-10-9-11-15-37/h1,12-13,17-19,23H,9-11,14-16H2,2-7H3,(H,33,38)(H2,32,34,35,36)/t19-,23+/m0/s1. The van der Waals surface area contributed by atoms with Crippen molar-refractivity contribution in [3.05, 3.63) is 35.5 Å². The second-order valence-electron chi connectivity index (χ2n) is 11.3. The Labute approximate surface area is 230 Å². The van der Waals surface area contributed by atoms with Gasteiger partial charge in [0.1, 0.15) is 11.4 Å². The molecule has 0 unspecified atom stereocenters. The van der Waals surface area contributed by atoms with Crippen LogP contribution in [0.3, 0.4) is 0 Å². The number of carbonyl (C=O) groups excluding carboxylic acids is 1. The molecule has 3 heterocycles. The number of ether oxygens (including phenoxy) is 1. The Balaban J connectivity index is 1.87. The first-order valence-electron chi connectivity index (χ1n) is 13.5. The van der Waals surface area contributed by atoms with E-state index in [-0.39, 0.29) is 40.7 Å². The highest BCUT2D eigenvalue weighted by Crippen LogP contribution is 2.30. The lowest BCUT2D eigenvalue weighted by Gasteiger charge is -2.29. The fraction of sp³-hybridized carbons (Fsp3) is 0.552. The van der Waals surface area contributed by atoms with Gasteiger partial charge >= 0.3 is 6.09 Å². The van der Waals surface area contributed by atoms with Gasteiger partial charge in [0.25, 0.3) is 0 Å². The van der Waals surface area contributed by atoms with Gasteiger partial charge in [0.2, 0.25) is 0 Å². The number of hydrogen-bond donors (Lipinski definition) is 3. The van der Waals surface area contributed by atoms with Gasteiger partial charge in [0, 0.05) is 31.4 Å². The van der Waals surface area contributed by atoms with Crippen molar-refractivity contribution < 1.29 is 18.3 Å². The molecule has 1 saturated heterocycles. The van der Waals surface area contributed by atoms with Crippen LogP contribution in [0.25, 0.3) is 0 Å². The second-order valence-corrected chi connectivity index (χ2v) is 11.3. The smallest absolute Gasteiger partial charge is 0.407 e. The molecule has 1 aliphatic heterocycles. The maximum absolute atomic E-state index is 15.5. The summed E-state index contributed by atoms with van der Waals surface area (Å²) in [6.45, 7) is 12.7. The Hall–Kier alpha value is -3.61. The average molecular weight is 543 g/mol. The summed E-state index contributed by atoms with van der Waals surface area (Å²) < 4.78 is 36.0. The minimum absolute atomic E-state index is 0.0642. The number of hydrogen-bond acceptors (Lipinski definition) is 7. The maximum atomic E-state index is 15.5. The molecule has 0 aliphatic carbocycles. The van der Waals surface area contributed by atoms with Crippen molar-refractivity contribution in [2.75, 3.05) is 28.6 Å². The monoisotopic (exact) mass is 542 g/mol. The summed E-state index contributed by atoms with van der Waals surface area (Å²) >= 11 is 0. The summed E-state index contributed by atoms with van der Waals surface area (Å²) in [4.78, 5) is 22.9.